The van der Waals surface area contributed by atoms with Crippen LogP contribution >= 0.6 is 0 Å². The Bertz CT molecular complexity index is 1130. The average molecular weight is 414 g/mol. The minimum absolute atomic E-state index is 0.233. The Labute approximate surface area is 180 Å². The van der Waals surface area contributed by atoms with E-state index < -0.39 is 29.4 Å². The third kappa shape index (κ3) is 3.74. The zero-order valence-electron chi connectivity index (χ0n) is 17.5. The van der Waals surface area contributed by atoms with E-state index in [1.807, 2.05) is 12.1 Å². The molecular formula is C24H22N4O3. The molecule has 1 fully saturated rings. The van der Waals surface area contributed by atoms with Crippen molar-refractivity contribution in [1.82, 2.24) is 15.2 Å². The molecule has 0 saturated carbocycles. The number of rotatable bonds is 5. The Morgan fingerprint density at radius 3 is 2.19 bits per heavy atom. The van der Waals surface area contributed by atoms with Crippen molar-refractivity contribution in [1.29, 1.82) is 0 Å². The van der Waals surface area contributed by atoms with Crippen LogP contribution in [0.5, 0.6) is 0 Å². The summed E-state index contributed by atoms with van der Waals surface area (Å²) in [6.45, 7) is 5.91. The molecular weight excluding hydrogens is 392 g/mol. The van der Waals surface area contributed by atoms with E-state index in [2.05, 4.69) is 29.0 Å². The highest BCUT2D eigenvalue weighted by atomic mass is 16.2. The monoisotopic (exact) mass is 414 g/mol. The van der Waals surface area contributed by atoms with Gasteiger partial charge in [-0.05, 0) is 48.2 Å². The van der Waals surface area contributed by atoms with E-state index in [0.717, 1.165) is 5.56 Å². The molecule has 2 unspecified atom stereocenters. The summed E-state index contributed by atoms with van der Waals surface area (Å²) in [5, 5.41) is 8.11. The van der Waals surface area contributed by atoms with Crippen LogP contribution in [0.15, 0.2) is 60.9 Å². The maximum atomic E-state index is 13.4. The van der Waals surface area contributed by atoms with Crippen LogP contribution in [0.1, 0.15) is 53.0 Å². The van der Waals surface area contributed by atoms with Crippen molar-refractivity contribution in [3.8, 4) is 0 Å². The second-order valence-electron chi connectivity index (χ2n) is 7.92. The van der Waals surface area contributed by atoms with E-state index in [0.29, 0.717) is 22.7 Å². The van der Waals surface area contributed by atoms with Gasteiger partial charge in [-0.1, -0.05) is 38.1 Å². The second kappa shape index (κ2) is 8.18. The Balaban J connectivity index is 1.79. The van der Waals surface area contributed by atoms with Crippen LogP contribution in [0.4, 0.5) is 5.82 Å². The standard InChI is InChI=1S/C24H22N4O3/c1-14(2)16-5-7-18(8-6-16)22(29)20-21(17-10-12-25-13-11-17)28(24(31)23(20)30)19-9-4-15(3)26-27-19/h4-14,20-21H,1-3H3. The fraction of sp³-hybridized carbons (Fsp3) is 0.250. The molecule has 156 valence electrons. The number of anilines is 1. The third-order valence-electron chi connectivity index (χ3n) is 5.53. The van der Waals surface area contributed by atoms with Crippen LogP contribution in [0, 0.1) is 12.8 Å². The van der Waals surface area contributed by atoms with Gasteiger partial charge in [0.25, 0.3) is 5.91 Å². The number of carbonyl (C=O) groups is 3. The van der Waals surface area contributed by atoms with E-state index in [4.69, 9.17) is 0 Å². The lowest BCUT2D eigenvalue weighted by Gasteiger charge is -2.26. The fourth-order valence-corrected chi connectivity index (χ4v) is 3.81. The normalized spacial score (nSPS) is 18.6. The van der Waals surface area contributed by atoms with Gasteiger partial charge >= 0.3 is 0 Å². The van der Waals surface area contributed by atoms with Crippen LogP contribution in [0.25, 0.3) is 0 Å². The fourth-order valence-electron chi connectivity index (χ4n) is 3.81. The van der Waals surface area contributed by atoms with Crippen LogP contribution < -0.4 is 4.90 Å². The van der Waals surface area contributed by atoms with Crippen molar-refractivity contribution in [2.75, 3.05) is 4.90 Å². The molecule has 7 heteroatoms. The van der Waals surface area contributed by atoms with Gasteiger partial charge in [-0.15, -0.1) is 5.10 Å². The number of ketones is 2. The summed E-state index contributed by atoms with van der Waals surface area (Å²) in [6.07, 6.45) is 3.14. The Morgan fingerprint density at radius 2 is 1.61 bits per heavy atom. The maximum absolute atomic E-state index is 13.4. The Kier molecular flexibility index (Phi) is 5.42. The molecule has 1 aliphatic heterocycles. The van der Waals surface area contributed by atoms with Gasteiger partial charge < -0.3 is 0 Å². The number of aromatic nitrogens is 3. The number of aryl methyl sites for hydroxylation is 1. The molecule has 0 spiro atoms. The number of benzene rings is 1. The van der Waals surface area contributed by atoms with Gasteiger partial charge in [-0.25, -0.2) is 0 Å². The van der Waals surface area contributed by atoms with Crippen LogP contribution in [-0.4, -0.2) is 32.7 Å². The largest absolute Gasteiger partial charge is 0.297 e. The zero-order chi connectivity index (χ0) is 22.1. The van der Waals surface area contributed by atoms with E-state index in [-0.39, 0.29) is 5.82 Å². The molecule has 1 aliphatic rings. The smallest absolute Gasteiger partial charge is 0.293 e. The Morgan fingerprint density at radius 1 is 0.935 bits per heavy atom. The lowest BCUT2D eigenvalue weighted by atomic mass is 9.86. The van der Waals surface area contributed by atoms with E-state index in [9.17, 15) is 14.4 Å². The lowest BCUT2D eigenvalue weighted by molar-refractivity contribution is -0.135. The van der Waals surface area contributed by atoms with Crippen molar-refractivity contribution < 1.29 is 14.4 Å². The van der Waals surface area contributed by atoms with Gasteiger partial charge in [0.05, 0.1) is 11.7 Å². The molecule has 7 nitrogen and oxygen atoms in total. The van der Waals surface area contributed by atoms with Crippen LogP contribution in [0.3, 0.4) is 0 Å². The number of nitrogens with zero attached hydrogens (tertiary/aromatic N) is 4. The summed E-state index contributed by atoms with van der Waals surface area (Å²) in [7, 11) is 0. The summed E-state index contributed by atoms with van der Waals surface area (Å²) in [4.78, 5) is 44.8. The molecule has 31 heavy (non-hydrogen) atoms. The van der Waals surface area contributed by atoms with Gasteiger partial charge in [-0.2, -0.15) is 5.10 Å². The summed E-state index contributed by atoms with van der Waals surface area (Å²) < 4.78 is 0. The van der Waals surface area contributed by atoms with Crippen molar-refractivity contribution in [3.05, 3.63) is 83.3 Å². The lowest BCUT2D eigenvalue weighted by Crippen LogP contribution is -2.31. The van der Waals surface area contributed by atoms with Gasteiger partial charge in [0.15, 0.2) is 11.6 Å². The molecule has 1 amide bonds. The predicted octanol–water partition coefficient (Wildman–Crippen LogP) is 3.46. The molecule has 4 rings (SSSR count). The number of pyridine rings is 1. The van der Waals surface area contributed by atoms with Gasteiger partial charge in [0, 0.05) is 18.0 Å². The van der Waals surface area contributed by atoms with E-state index in [1.54, 1.807) is 55.7 Å². The Hall–Kier alpha value is -3.74. The number of hydrogen-bond acceptors (Lipinski definition) is 6. The molecule has 0 radical (unpaired) electrons. The first kappa shape index (κ1) is 20.5. The molecule has 3 aromatic rings. The summed E-state index contributed by atoms with van der Waals surface area (Å²) >= 11 is 0. The first-order valence-corrected chi connectivity index (χ1v) is 10.1. The second-order valence-corrected chi connectivity index (χ2v) is 7.92. The molecule has 2 aromatic heterocycles. The molecule has 2 atom stereocenters. The highest BCUT2D eigenvalue weighted by molar-refractivity contribution is 6.48. The molecule has 0 bridgehead atoms. The van der Waals surface area contributed by atoms with Crippen molar-refractivity contribution in [2.24, 2.45) is 5.92 Å². The number of Topliss-reactive ketones (excluding diaryl/α,β-unsaturated/α-hetero) is 2. The minimum atomic E-state index is -1.18. The quantitative estimate of drug-likeness (QED) is 0.361. The maximum Gasteiger partial charge on any atom is 0.297 e. The first-order chi connectivity index (χ1) is 14.9. The number of hydrogen-bond donors (Lipinski definition) is 0. The highest BCUT2D eigenvalue weighted by Gasteiger charge is 2.52. The van der Waals surface area contributed by atoms with Gasteiger partial charge in [0.2, 0.25) is 5.78 Å². The van der Waals surface area contributed by atoms with Crippen molar-refractivity contribution >= 4 is 23.3 Å². The molecule has 1 aromatic carbocycles. The molecule has 0 N–H and O–H groups in total. The average Bonchev–Trinajstić information content (AvgIpc) is 3.05. The van der Waals surface area contributed by atoms with Crippen molar-refractivity contribution in [3.63, 3.8) is 0 Å². The third-order valence-corrected chi connectivity index (χ3v) is 5.53. The van der Waals surface area contributed by atoms with E-state index >= 15 is 0 Å². The SMILES string of the molecule is Cc1ccc(N2C(=O)C(=O)C(C(=O)c3ccc(C(C)C)cc3)C2c2ccncc2)nn1. The molecule has 3 heterocycles. The van der Waals surface area contributed by atoms with Crippen molar-refractivity contribution in [2.45, 2.75) is 32.7 Å². The number of carbonyl (C=O) groups excluding carboxylic acids is 3. The minimum Gasteiger partial charge on any atom is -0.293 e. The van der Waals surface area contributed by atoms with Gasteiger partial charge in [0.1, 0.15) is 5.92 Å². The van der Waals surface area contributed by atoms with E-state index in [1.165, 1.54) is 4.90 Å². The summed E-state index contributed by atoms with van der Waals surface area (Å²) in [5.41, 5.74) is 2.80. The van der Waals surface area contributed by atoms with Gasteiger partial charge in [-0.3, -0.25) is 24.3 Å². The summed E-state index contributed by atoms with van der Waals surface area (Å²) in [5.74, 6) is -2.53. The number of amides is 1. The van der Waals surface area contributed by atoms with Crippen LogP contribution in [-0.2, 0) is 9.59 Å². The first-order valence-electron chi connectivity index (χ1n) is 10.1. The zero-order valence-corrected chi connectivity index (χ0v) is 17.5. The predicted molar refractivity (Wildman–Crippen MR) is 115 cm³/mol. The summed E-state index contributed by atoms with van der Waals surface area (Å²) in [6, 6.07) is 13.1. The topological polar surface area (TPSA) is 93.1 Å². The molecule has 1 saturated heterocycles. The van der Waals surface area contributed by atoms with Crippen LogP contribution in [0.2, 0.25) is 0 Å². The highest BCUT2D eigenvalue weighted by Crippen LogP contribution is 2.40. The molecule has 0 aliphatic carbocycles.